The van der Waals surface area contributed by atoms with Gasteiger partial charge in [-0.1, -0.05) is 0 Å². The maximum atomic E-state index is 12.2. The Morgan fingerprint density at radius 1 is 1.25 bits per heavy atom. The summed E-state index contributed by atoms with van der Waals surface area (Å²) in [4.78, 5) is 12.8. The van der Waals surface area contributed by atoms with Crippen molar-refractivity contribution in [1.29, 1.82) is 0 Å². The molecule has 106 valence electrons. The Labute approximate surface area is 129 Å². The second-order valence-corrected chi connectivity index (χ2v) is 6.46. The number of aryl methyl sites for hydroxylation is 1. The number of hydrogen-bond donors (Lipinski definition) is 1. The number of ether oxygens (including phenoxy) is 2. The van der Waals surface area contributed by atoms with Gasteiger partial charge >= 0.3 is 0 Å². The third kappa shape index (κ3) is 3.13. The van der Waals surface area contributed by atoms with Gasteiger partial charge in [-0.15, -0.1) is 11.3 Å². The van der Waals surface area contributed by atoms with Crippen molar-refractivity contribution in [2.24, 2.45) is 0 Å². The standard InChI is InChI=1S/C14H14BrNO3S/c1-8-6-12(20-13(8)15)14(17)16-10-5-4-9(18-2)7-11(10)19-3/h4-7H,1-3H3,(H,16,17). The van der Waals surface area contributed by atoms with E-state index in [0.29, 0.717) is 22.1 Å². The lowest BCUT2D eigenvalue weighted by atomic mass is 10.2. The van der Waals surface area contributed by atoms with Crippen molar-refractivity contribution < 1.29 is 14.3 Å². The van der Waals surface area contributed by atoms with E-state index in [4.69, 9.17) is 9.47 Å². The van der Waals surface area contributed by atoms with Gasteiger partial charge < -0.3 is 14.8 Å². The molecule has 1 aromatic heterocycles. The zero-order valence-corrected chi connectivity index (χ0v) is 13.7. The number of amides is 1. The summed E-state index contributed by atoms with van der Waals surface area (Å²) in [6.07, 6.45) is 0. The summed E-state index contributed by atoms with van der Waals surface area (Å²) in [7, 11) is 3.13. The molecule has 0 radical (unpaired) electrons. The van der Waals surface area contributed by atoms with E-state index in [-0.39, 0.29) is 5.91 Å². The molecule has 4 nitrogen and oxygen atoms in total. The number of carbonyl (C=O) groups excluding carboxylic acids is 1. The van der Waals surface area contributed by atoms with Crippen LogP contribution in [-0.4, -0.2) is 20.1 Å². The van der Waals surface area contributed by atoms with E-state index in [9.17, 15) is 4.79 Å². The topological polar surface area (TPSA) is 47.6 Å². The van der Waals surface area contributed by atoms with Crippen LogP contribution in [0, 0.1) is 6.92 Å². The number of carbonyl (C=O) groups is 1. The van der Waals surface area contributed by atoms with Crippen LogP contribution in [0.5, 0.6) is 11.5 Å². The minimum absolute atomic E-state index is 0.160. The molecule has 0 aliphatic heterocycles. The number of rotatable bonds is 4. The van der Waals surface area contributed by atoms with Crippen LogP contribution in [0.4, 0.5) is 5.69 Å². The first-order valence-electron chi connectivity index (χ1n) is 5.84. The van der Waals surface area contributed by atoms with Crippen LogP contribution in [-0.2, 0) is 0 Å². The lowest BCUT2D eigenvalue weighted by molar-refractivity contribution is 0.103. The number of benzene rings is 1. The first kappa shape index (κ1) is 14.9. The van der Waals surface area contributed by atoms with Gasteiger partial charge in [0, 0.05) is 6.07 Å². The number of thiophene rings is 1. The van der Waals surface area contributed by atoms with Gasteiger partial charge in [0.1, 0.15) is 11.5 Å². The van der Waals surface area contributed by atoms with Crippen molar-refractivity contribution in [1.82, 2.24) is 0 Å². The summed E-state index contributed by atoms with van der Waals surface area (Å²) in [5.41, 5.74) is 1.65. The largest absolute Gasteiger partial charge is 0.497 e. The number of anilines is 1. The zero-order chi connectivity index (χ0) is 14.7. The highest BCUT2D eigenvalue weighted by Crippen LogP contribution is 2.31. The van der Waals surface area contributed by atoms with E-state index in [1.54, 1.807) is 32.4 Å². The first-order chi connectivity index (χ1) is 9.55. The molecule has 1 aromatic carbocycles. The van der Waals surface area contributed by atoms with Gasteiger partial charge in [0.05, 0.1) is 28.6 Å². The van der Waals surface area contributed by atoms with Crippen molar-refractivity contribution in [3.8, 4) is 11.5 Å². The maximum absolute atomic E-state index is 12.2. The molecule has 0 unspecified atom stereocenters. The lowest BCUT2D eigenvalue weighted by Crippen LogP contribution is -2.11. The van der Waals surface area contributed by atoms with Gasteiger partial charge in [-0.05, 0) is 46.6 Å². The Balaban J connectivity index is 2.23. The second kappa shape index (κ2) is 6.28. The van der Waals surface area contributed by atoms with E-state index in [1.165, 1.54) is 11.3 Å². The Morgan fingerprint density at radius 2 is 2.00 bits per heavy atom. The van der Waals surface area contributed by atoms with Gasteiger partial charge in [0.2, 0.25) is 0 Å². The Hall–Kier alpha value is -1.53. The Kier molecular flexibility index (Phi) is 4.67. The molecule has 0 bridgehead atoms. The fourth-order valence-electron chi connectivity index (χ4n) is 1.66. The molecule has 2 aromatic rings. The summed E-state index contributed by atoms with van der Waals surface area (Å²) < 4.78 is 11.3. The van der Waals surface area contributed by atoms with Crippen LogP contribution < -0.4 is 14.8 Å². The van der Waals surface area contributed by atoms with Crippen LogP contribution in [0.3, 0.4) is 0 Å². The number of hydrogen-bond acceptors (Lipinski definition) is 4. The van der Waals surface area contributed by atoms with Crippen molar-refractivity contribution in [2.45, 2.75) is 6.92 Å². The van der Waals surface area contributed by atoms with Crippen LogP contribution in [0.25, 0.3) is 0 Å². The van der Waals surface area contributed by atoms with E-state index in [0.717, 1.165) is 9.35 Å². The zero-order valence-electron chi connectivity index (χ0n) is 11.3. The van der Waals surface area contributed by atoms with Gasteiger partial charge in [-0.2, -0.15) is 0 Å². The molecule has 0 saturated carbocycles. The summed E-state index contributed by atoms with van der Waals surface area (Å²) in [6.45, 7) is 1.95. The van der Waals surface area contributed by atoms with Crippen molar-refractivity contribution in [3.63, 3.8) is 0 Å². The third-order valence-electron chi connectivity index (χ3n) is 2.74. The van der Waals surface area contributed by atoms with E-state index in [1.807, 2.05) is 13.0 Å². The van der Waals surface area contributed by atoms with Gasteiger partial charge in [0.15, 0.2) is 0 Å². The van der Waals surface area contributed by atoms with Crippen molar-refractivity contribution in [2.75, 3.05) is 19.5 Å². The molecular weight excluding hydrogens is 342 g/mol. The molecule has 0 aliphatic rings. The number of methoxy groups -OCH3 is 2. The first-order valence-corrected chi connectivity index (χ1v) is 7.45. The van der Waals surface area contributed by atoms with Crippen LogP contribution in [0.1, 0.15) is 15.2 Å². The van der Waals surface area contributed by atoms with Crippen molar-refractivity contribution >= 4 is 38.9 Å². The highest BCUT2D eigenvalue weighted by Gasteiger charge is 2.14. The molecule has 1 heterocycles. The van der Waals surface area contributed by atoms with E-state index >= 15 is 0 Å². The lowest BCUT2D eigenvalue weighted by Gasteiger charge is -2.10. The normalized spacial score (nSPS) is 10.2. The third-order valence-corrected chi connectivity index (χ3v) is 4.87. The monoisotopic (exact) mass is 355 g/mol. The Bertz CT molecular complexity index is 620. The fourth-order valence-corrected chi connectivity index (χ4v) is 3.09. The minimum atomic E-state index is -0.160. The molecule has 0 fully saturated rings. The predicted molar refractivity (Wildman–Crippen MR) is 84.3 cm³/mol. The van der Waals surface area contributed by atoms with Gasteiger partial charge in [0.25, 0.3) is 5.91 Å². The van der Waals surface area contributed by atoms with E-state index in [2.05, 4.69) is 21.2 Å². The smallest absolute Gasteiger partial charge is 0.265 e. The molecule has 2 rings (SSSR count). The summed E-state index contributed by atoms with van der Waals surface area (Å²) >= 11 is 4.82. The Morgan fingerprint density at radius 3 is 2.55 bits per heavy atom. The molecule has 1 N–H and O–H groups in total. The predicted octanol–water partition coefficient (Wildman–Crippen LogP) is 4.09. The fraction of sp³-hybridized carbons (Fsp3) is 0.214. The van der Waals surface area contributed by atoms with Gasteiger partial charge in [-0.25, -0.2) is 0 Å². The summed E-state index contributed by atoms with van der Waals surface area (Å²) in [5.74, 6) is 1.08. The average Bonchev–Trinajstić information content (AvgIpc) is 2.79. The van der Waals surface area contributed by atoms with E-state index < -0.39 is 0 Å². The molecule has 0 aliphatic carbocycles. The molecule has 6 heteroatoms. The molecule has 0 atom stereocenters. The SMILES string of the molecule is COc1ccc(NC(=O)c2cc(C)c(Br)s2)c(OC)c1. The van der Waals surface area contributed by atoms with Crippen LogP contribution >= 0.6 is 27.3 Å². The molecular formula is C14H14BrNO3S. The quantitative estimate of drug-likeness (QED) is 0.898. The van der Waals surface area contributed by atoms with Gasteiger partial charge in [-0.3, -0.25) is 4.79 Å². The molecule has 0 saturated heterocycles. The highest BCUT2D eigenvalue weighted by atomic mass is 79.9. The molecule has 1 amide bonds. The number of halogens is 1. The summed E-state index contributed by atoms with van der Waals surface area (Å²) in [6, 6.07) is 7.10. The second-order valence-electron chi connectivity index (χ2n) is 4.09. The highest BCUT2D eigenvalue weighted by molar-refractivity contribution is 9.11. The van der Waals surface area contributed by atoms with Crippen LogP contribution in [0.2, 0.25) is 0 Å². The van der Waals surface area contributed by atoms with Crippen LogP contribution in [0.15, 0.2) is 28.1 Å². The number of nitrogens with one attached hydrogen (secondary N) is 1. The summed E-state index contributed by atoms with van der Waals surface area (Å²) in [5, 5.41) is 2.84. The van der Waals surface area contributed by atoms with Crippen molar-refractivity contribution in [3.05, 3.63) is 38.5 Å². The molecule has 20 heavy (non-hydrogen) atoms. The minimum Gasteiger partial charge on any atom is -0.497 e. The maximum Gasteiger partial charge on any atom is 0.265 e. The molecule has 0 spiro atoms. The average molecular weight is 356 g/mol.